The van der Waals surface area contributed by atoms with Crippen molar-refractivity contribution < 1.29 is 76.9 Å². The van der Waals surface area contributed by atoms with E-state index in [1.165, 1.54) is 27.7 Å². The number of amides is 3. The van der Waals surface area contributed by atoms with Gasteiger partial charge in [-0.3, -0.25) is 48.4 Å². The molecule has 0 aromatic heterocycles. The normalized spacial score (nSPS) is 14.7. The number of phenols is 2. The van der Waals surface area contributed by atoms with Crippen molar-refractivity contribution in [2.45, 2.75) is 96.9 Å². The van der Waals surface area contributed by atoms with Crippen LogP contribution < -0.4 is 41.6 Å². The monoisotopic (exact) mass is 1520 g/mol. The molecule has 5 aromatic rings. The number of halogens is 4. The number of carbonyl (C=O) groups excluding carboxylic acids is 6. The van der Waals surface area contributed by atoms with E-state index in [1.54, 1.807) is 31.2 Å². The molecular weight excluding hydrogens is 1410 g/mol. The molecule has 0 bridgehead atoms. The second kappa shape index (κ2) is 49.5. The fourth-order valence-electron chi connectivity index (χ4n) is 10.4. The summed E-state index contributed by atoms with van der Waals surface area (Å²) in [4.78, 5) is 74.4. The summed E-state index contributed by atoms with van der Waals surface area (Å²) in [6.07, 6.45) is 0. The predicted octanol–water partition coefficient (Wildman–Crippen LogP) is 10.2. The average Bonchev–Trinajstić information content (AvgIpc) is 1.64. The Labute approximate surface area is 631 Å². The molecule has 5 aromatic carbocycles. The fraction of sp³-hybridized carbons (Fsp3) is 0.514. The van der Waals surface area contributed by atoms with Crippen molar-refractivity contribution >= 4 is 113 Å². The van der Waals surface area contributed by atoms with Crippen molar-refractivity contribution in [3.63, 3.8) is 0 Å². The maximum absolute atomic E-state index is 12.0. The zero-order valence-electron chi connectivity index (χ0n) is 62.3. The number of hydrogen-bond donors (Lipinski definition) is 7. The number of alkyl halides is 1. The summed E-state index contributed by atoms with van der Waals surface area (Å²) in [6, 6.07) is 16.7. The molecule has 0 unspecified atom stereocenters. The first-order chi connectivity index (χ1) is 47.5. The molecule has 0 atom stereocenters. The van der Waals surface area contributed by atoms with Gasteiger partial charge in [-0.2, -0.15) is 0 Å². The maximum Gasteiger partial charge on any atom is 0.310 e. The average molecular weight is 1520 g/mol. The number of anilines is 5. The highest BCUT2D eigenvalue weighted by molar-refractivity contribution is 6.52. The van der Waals surface area contributed by atoms with Crippen LogP contribution in [0.4, 0.5) is 28.4 Å². The Bertz CT molecular complexity index is 3430. The molecule has 4 saturated heterocycles. The van der Waals surface area contributed by atoms with Gasteiger partial charge in [0.2, 0.25) is 11.8 Å². The number of morpholine rings is 4. The van der Waals surface area contributed by atoms with Gasteiger partial charge in [-0.05, 0) is 174 Å². The van der Waals surface area contributed by atoms with Crippen LogP contribution in [0.2, 0.25) is 0 Å². The second-order valence-electron chi connectivity index (χ2n) is 24.7. The van der Waals surface area contributed by atoms with Gasteiger partial charge in [0, 0.05) is 140 Å². The highest BCUT2D eigenvalue weighted by atomic mass is 35.5. The van der Waals surface area contributed by atoms with Crippen LogP contribution in [0.1, 0.15) is 93.7 Å². The number of nitrogens with one attached hydrogen (secondary N) is 3. The van der Waals surface area contributed by atoms with E-state index in [1.807, 2.05) is 92.6 Å². The lowest BCUT2D eigenvalue weighted by Gasteiger charge is -2.26. The van der Waals surface area contributed by atoms with Crippen LogP contribution in [0.3, 0.4) is 0 Å². The predicted molar refractivity (Wildman–Crippen MR) is 414 cm³/mol. The standard InChI is InChI=1S/C16H20N2O4.C16H24N2O3.C14H22N2O2.C10H13NO2.C8H11NO.C6H12ClNO.C4H6O3.3ClH/c1-10-9-12(22-8-5-18-3-6-21-7-4-18)11(2)13-14(10)17-16(20)15(13)19;1-12-11-16(13(2)10-15(12)17-14(3)19)21-9-6-18-4-7-20-8-5-18;1-11-10-14(12(2)9-13(11)15)18-8-5-16-3-6-17-7-4-16;1-6-5-10(13)7(2)4-9(6)11-8(3)12;1-5-4-8(10)6(2)3-7(5)9;7-1-2-8-3-5-9-6-4-8;1-3(5)7-4(2)6;;;/h9H,3-8H2,1-2H3,(H,17,19,20);10-11H,4-9H2,1-3H3,(H,17,19);9-10H,3-8,15H2,1-2H3;4-5,13H,1-3H3,(H,11,12);3-4,10H,9H2,1-2H3;1-6H2;1-2H3;3*1H. The lowest BCUT2D eigenvalue weighted by molar-refractivity contribution is -0.156. The van der Waals surface area contributed by atoms with Crippen molar-refractivity contribution in [1.82, 2.24) is 19.6 Å². The lowest BCUT2D eigenvalue weighted by Crippen LogP contribution is -2.38. The SMILES string of the molecule is CC(=O)Nc1cc(C)c(O)cc1C.CC(=O)Nc1cc(C)c(OCCN2CCOCC2)cc1C.CC(=O)OC(C)=O.Cc1cc(O)c(C)cc1N.Cc1cc(OCCN2CCOCC2)c(C)c2c1NC(=O)C2=O.Cc1cc(OCCN2CCOCC2)c(C)cc1N.Cl.Cl.Cl.ClCCN1CCOCC1. The molecular formula is C74H111Cl4N9O16. The molecule has 5 aliphatic heterocycles. The molecule has 0 spiro atoms. The Morgan fingerprint density at radius 2 is 0.777 bits per heavy atom. The van der Waals surface area contributed by atoms with Gasteiger partial charge < -0.3 is 75.5 Å². The molecule has 9 N–H and O–H groups in total. The third-order valence-corrected chi connectivity index (χ3v) is 16.5. The number of aromatic hydroxyl groups is 2. The van der Waals surface area contributed by atoms with Gasteiger partial charge in [-0.15, -0.1) is 48.8 Å². The van der Waals surface area contributed by atoms with Crippen molar-refractivity contribution in [3.8, 4) is 28.7 Å². The first-order valence-corrected chi connectivity index (χ1v) is 34.2. The van der Waals surface area contributed by atoms with Gasteiger partial charge >= 0.3 is 11.9 Å². The molecule has 29 heteroatoms. The quantitative estimate of drug-likeness (QED) is 0.0121. The Morgan fingerprint density at radius 3 is 1.16 bits per heavy atom. The molecule has 4 fully saturated rings. The topological polar surface area (TPSA) is 318 Å². The maximum atomic E-state index is 12.0. The third-order valence-electron chi connectivity index (χ3n) is 16.3. The number of esters is 2. The summed E-state index contributed by atoms with van der Waals surface area (Å²) in [5, 5.41) is 26.7. The van der Waals surface area contributed by atoms with Gasteiger partial charge in [0.15, 0.2) is 0 Å². The first kappa shape index (κ1) is 93.8. The Morgan fingerprint density at radius 1 is 0.456 bits per heavy atom. The molecule has 3 amide bonds. The molecule has 103 heavy (non-hydrogen) atoms. The molecule has 5 aliphatic rings. The minimum atomic E-state index is -0.563. The van der Waals surface area contributed by atoms with E-state index in [9.17, 15) is 33.9 Å². The van der Waals surface area contributed by atoms with Crippen LogP contribution >= 0.6 is 48.8 Å². The van der Waals surface area contributed by atoms with Gasteiger partial charge in [-0.1, -0.05) is 0 Å². The third kappa shape index (κ3) is 34.5. The van der Waals surface area contributed by atoms with E-state index >= 15 is 0 Å². The number of benzene rings is 5. The van der Waals surface area contributed by atoms with E-state index in [0.717, 1.165) is 227 Å². The first-order valence-electron chi connectivity index (χ1n) is 33.7. The second-order valence-corrected chi connectivity index (χ2v) is 25.1. The Kier molecular flexibility index (Phi) is 45.0. The van der Waals surface area contributed by atoms with Crippen LogP contribution in [0.25, 0.3) is 0 Å². The van der Waals surface area contributed by atoms with E-state index in [2.05, 4.69) is 40.3 Å². The van der Waals surface area contributed by atoms with Gasteiger partial charge in [-0.25, -0.2) is 0 Å². The number of rotatable bonds is 16. The largest absolute Gasteiger partial charge is 0.508 e. The summed E-state index contributed by atoms with van der Waals surface area (Å²) < 4.78 is 42.7. The number of ether oxygens (including phenoxy) is 8. The van der Waals surface area contributed by atoms with Crippen LogP contribution in [-0.2, 0) is 47.7 Å². The number of nitrogens with zero attached hydrogens (tertiary/aromatic N) is 4. The van der Waals surface area contributed by atoms with E-state index in [0.29, 0.717) is 42.6 Å². The number of aryl methyl sites for hydroxylation is 9. The van der Waals surface area contributed by atoms with Crippen molar-refractivity contribution in [3.05, 3.63) is 116 Å². The minimum absolute atomic E-state index is 0. The number of nitrogen functional groups attached to an aromatic ring is 2. The molecule has 0 radical (unpaired) electrons. The smallest absolute Gasteiger partial charge is 0.310 e. The van der Waals surface area contributed by atoms with Gasteiger partial charge in [0.25, 0.3) is 11.7 Å². The van der Waals surface area contributed by atoms with Crippen molar-refractivity contribution in [1.29, 1.82) is 0 Å². The van der Waals surface area contributed by atoms with E-state index in [-0.39, 0.29) is 54.8 Å². The molecule has 576 valence electrons. The number of ketones is 1. The minimum Gasteiger partial charge on any atom is -0.508 e. The zero-order chi connectivity index (χ0) is 74.0. The van der Waals surface area contributed by atoms with Gasteiger partial charge in [0.1, 0.15) is 48.6 Å². The highest BCUT2D eigenvalue weighted by Crippen LogP contribution is 2.36. The van der Waals surface area contributed by atoms with Crippen LogP contribution in [0, 0.1) is 69.2 Å². The van der Waals surface area contributed by atoms with Crippen LogP contribution in [0.15, 0.2) is 54.6 Å². The Balaban J connectivity index is 0.000000617. The van der Waals surface area contributed by atoms with Crippen molar-refractivity contribution in [2.24, 2.45) is 0 Å². The van der Waals surface area contributed by atoms with E-state index < -0.39 is 23.6 Å². The number of phenolic OH excluding ortho intramolecular Hbond substituents is 2. The summed E-state index contributed by atoms with van der Waals surface area (Å²) in [7, 11) is 0. The molecule has 5 heterocycles. The number of nitrogens with two attached hydrogens (primary N) is 2. The highest BCUT2D eigenvalue weighted by Gasteiger charge is 2.33. The molecule has 10 rings (SSSR count). The van der Waals surface area contributed by atoms with E-state index in [4.69, 9.17) is 61.3 Å². The Hall–Kier alpha value is -7.24. The molecule has 25 nitrogen and oxygen atoms in total. The van der Waals surface area contributed by atoms with Crippen LogP contribution in [-0.4, -0.2) is 222 Å². The molecule has 0 saturated carbocycles. The summed E-state index contributed by atoms with van der Waals surface area (Å²) in [6.45, 7) is 44.4. The summed E-state index contributed by atoms with van der Waals surface area (Å²) >= 11 is 5.55. The van der Waals surface area contributed by atoms with Gasteiger partial charge in [0.05, 0.1) is 64.1 Å². The molecule has 0 aliphatic carbocycles. The fourth-order valence-corrected chi connectivity index (χ4v) is 10.7. The summed E-state index contributed by atoms with van der Waals surface area (Å²) in [5.74, 6) is 1.48. The zero-order valence-corrected chi connectivity index (χ0v) is 65.5. The van der Waals surface area contributed by atoms with Crippen LogP contribution in [0.5, 0.6) is 28.7 Å². The number of Topliss-reactive ketones (excluding diaryl/α,β-unsaturated/α-hetero) is 1. The number of hydrogen-bond acceptors (Lipinski definition) is 22. The summed E-state index contributed by atoms with van der Waals surface area (Å²) in [5.41, 5.74) is 24.8. The van der Waals surface area contributed by atoms with Crippen molar-refractivity contribution in [2.75, 3.05) is 185 Å². The number of carbonyl (C=O) groups is 6. The number of fused-ring (bicyclic) bond motifs is 1. The lowest BCUT2D eigenvalue weighted by atomic mass is 10.0.